The molecule has 2 fully saturated rings. The third-order valence-electron chi connectivity index (χ3n) is 6.80. The molecule has 1 N–H and O–H groups in total. The number of amides is 1. The molecule has 3 heterocycles. The maximum absolute atomic E-state index is 13.0. The van der Waals surface area contributed by atoms with Gasteiger partial charge in [0.2, 0.25) is 0 Å². The van der Waals surface area contributed by atoms with Crippen LogP contribution in [0.5, 0.6) is 5.75 Å². The van der Waals surface area contributed by atoms with Gasteiger partial charge in [-0.25, -0.2) is 0 Å². The summed E-state index contributed by atoms with van der Waals surface area (Å²) in [4.78, 5) is 17.5. The first-order valence-corrected chi connectivity index (χ1v) is 11.9. The molecule has 0 aromatic heterocycles. The first-order valence-electron chi connectivity index (χ1n) is 11.9. The predicted molar refractivity (Wildman–Crippen MR) is 124 cm³/mol. The average molecular weight is 436 g/mol. The van der Waals surface area contributed by atoms with E-state index in [4.69, 9.17) is 9.47 Å². The largest absolute Gasteiger partial charge is 0.489 e. The van der Waals surface area contributed by atoms with Crippen LogP contribution in [-0.4, -0.2) is 61.1 Å². The zero-order chi connectivity index (χ0) is 21.8. The van der Waals surface area contributed by atoms with Gasteiger partial charge < -0.3 is 19.7 Å². The predicted octanol–water partition coefficient (Wildman–Crippen LogP) is 3.20. The molecule has 0 spiro atoms. The van der Waals surface area contributed by atoms with Gasteiger partial charge in [0.15, 0.2) is 0 Å². The van der Waals surface area contributed by atoms with Gasteiger partial charge in [0.1, 0.15) is 12.4 Å². The van der Waals surface area contributed by atoms with Crippen LogP contribution in [0.15, 0.2) is 42.5 Å². The Hall–Kier alpha value is -2.41. The van der Waals surface area contributed by atoms with Crippen molar-refractivity contribution in [2.45, 2.75) is 45.0 Å². The number of hydrogen-bond donors (Lipinski definition) is 1. The standard InChI is InChI=1S/C26H33N3O3/c30-26-23-5-1-6-25(24(23)18-29(26)22-4-2-11-27-16-22)32-19-21-9-7-20(8-10-21)17-28-12-3-14-31-15-13-28/h1,5-10,22,27H,2-4,11-19H2. The first-order chi connectivity index (χ1) is 15.8. The maximum atomic E-state index is 13.0. The van der Waals surface area contributed by atoms with Crippen LogP contribution in [0.1, 0.15) is 46.3 Å². The molecule has 170 valence electrons. The molecule has 32 heavy (non-hydrogen) atoms. The monoisotopic (exact) mass is 435 g/mol. The highest BCUT2D eigenvalue weighted by Gasteiger charge is 2.35. The van der Waals surface area contributed by atoms with Gasteiger partial charge in [-0.05, 0) is 49.1 Å². The Labute approximate surface area is 190 Å². The minimum atomic E-state index is 0.141. The second-order valence-electron chi connectivity index (χ2n) is 9.06. The Kier molecular flexibility index (Phi) is 6.72. The highest BCUT2D eigenvalue weighted by atomic mass is 16.5. The normalized spacial score (nSPS) is 21.9. The zero-order valence-electron chi connectivity index (χ0n) is 18.7. The smallest absolute Gasteiger partial charge is 0.254 e. The lowest BCUT2D eigenvalue weighted by molar-refractivity contribution is 0.0674. The van der Waals surface area contributed by atoms with E-state index in [9.17, 15) is 4.79 Å². The van der Waals surface area contributed by atoms with Gasteiger partial charge >= 0.3 is 0 Å². The topological polar surface area (TPSA) is 54.0 Å². The van der Waals surface area contributed by atoms with E-state index >= 15 is 0 Å². The second kappa shape index (κ2) is 10.0. The number of carbonyl (C=O) groups is 1. The summed E-state index contributed by atoms with van der Waals surface area (Å²) in [6.07, 6.45) is 3.29. The molecule has 3 aliphatic heterocycles. The van der Waals surface area contributed by atoms with Crippen LogP contribution in [0, 0.1) is 0 Å². The summed E-state index contributed by atoms with van der Waals surface area (Å²) < 4.78 is 11.8. The van der Waals surface area contributed by atoms with Crippen molar-refractivity contribution in [2.75, 3.05) is 39.4 Å². The van der Waals surface area contributed by atoms with Crippen LogP contribution in [0.2, 0.25) is 0 Å². The summed E-state index contributed by atoms with van der Waals surface area (Å²) in [5.41, 5.74) is 4.29. The SMILES string of the molecule is O=C1c2cccc(OCc3ccc(CN4CCCOCC4)cc3)c2CN1C1CCCNC1. The Morgan fingerprint density at radius 1 is 1.03 bits per heavy atom. The van der Waals surface area contributed by atoms with Gasteiger partial charge in [-0.2, -0.15) is 0 Å². The number of nitrogens with one attached hydrogen (secondary N) is 1. The third-order valence-corrected chi connectivity index (χ3v) is 6.80. The number of fused-ring (bicyclic) bond motifs is 1. The minimum absolute atomic E-state index is 0.141. The van der Waals surface area contributed by atoms with Gasteiger partial charge in [0.25, 0.3) is 5.91 Å². The first kappa shape index (κ1) is 21.4. The molecule has 0 bridgehead atoms. The Morgan fingerprint density at radius 2 is 1.91 bits per heavy atom. The molecule has 0 saturated carbocycles. The molecule has 1 atom stereocenters. The fraction of sp³-hybridized carbons (Fsp3) is 0.500. The van der Waals surface area contributed by atoms with Crippen LogP contribution < -0.4 is 10.1 Å². The van der Waals surface area contributed by atoms with Crippen LogP contribution in [0.25, 0.3) is 0 Å². The number of carbonyl (C=O) groups excluding carboxylic acids is 1. The summed E-state index contributed by atoms with van der Waals surface area (Å²) in [5.74, 6) is 0.971. The molecular formula is C26H33N3O3. The lowest BCUT2D eigenvalue weighted by Crippen LogP contribution is -2.46. The van der Waals surface area contributed by atoms with E-state index in [1.165, 1.54) is 5.56 Å². The molecule has 2 aromatic carbocycles. The third kappa shape index (κ3) is 4.82. The van der Waals surface area contributed by atoms with Crippen molar-refractivity contribution in [1.82, 2.24) is 15.1 Å². The van der Waals surface area contributed by atoms with Crippen LogP contribution in [-0.2, 0) is 24.4 Å². The van der Waals surface area contributed by atoms with E-state index < -0.39 is 0 Å². The van der Waals surface area contributed by atoms with Gasteiger partial charge in [-0.3, -0.25) is 9.69 Å². The van der Waals surface area contributed by atoms with Crippen molar-refractivity contribution in [3.05, 3.63) is 64.7 Å². The van der Waals surface area contributed by atoms with Gasteiger partial charge in [0, 0.05) is 50.0 Å². The minimum Gasteiger partial charge on any atom is -0.489 e. The second-order valence-corrected chi connectivity index (χ2v) is 9.06. The van der Waals surface area contributed by atoms with Crippen molar-refractivity contribution in [3.8, 4) is 5.75 Å². The van der Waals surface area contributed by atoms with E-state index in [0.29, 0.717) is 13.2 Å². The van der Waals surface area contributed by atoms with Gasteiger partial charge in [-0.15, -0.1) is 0 Å². The Balaban J connectivity index is 1.20. The van der Waals surface area contributed by atoms with E-state index in [-0.39, 0.29) is 11.9 Å². The lowest BCUT2D eigenvalue weighted by Gasteiger charge is -2.31. The summed E-state index contributed by atoms with van der Waals surface area (Å²) in [5, 5.41) is 3.42. The quantitative estimate of drug-likeness (QED) is 0.755. The van der Waals surface area contributed by atoms with Crippen molar-refractivity contribution in [1.29, 1.82) is 0 Å². The molecule has 1 unspecified atom stereocenters. The molecule has 5 rings (SSSR count). The van der Waals surface area contributed by atoms with Crippen molar-refractivity contribution in [2.24, 2.45) is 0 Å². The fourth-order valence-electron chi connectivity index (χ4n) is 4.97. The summed E-state index contributed by atoms with van der Waals surface area (Å²) >= 11 is 0. The Bertz CT molecular complexity index is 916. The highest BCUT2D eigenvalue weighted by Crippen LogP contribution is 2.33. The molecule has 2 saturated heterocycles. The summed E-state index contributed by atoms with van der Waals surface area (Å²) in [6, 6.07) is 14.8. The molecule has 3 aliphatic rings. The van der Waals surface area contributed by atoms with E-state index in [2.05, 4.69) is 34.5 Å². The summed E-state index contributed by atoms with van der Waals surface area (Å²) in [6.45, 7) is 7.83. The number of ether oxygens (including phenoxy) is 2. The van der Waals surface area contributed by atoms with Crippen molar-refractivity contribution in [3.63, 3.8) is 0 Å². The molecular weight excluding hydrogens is 402 g/mol. The number of rotatable bonds is 6. The summed E-state index contributed by atoms with van der Waals surface area (Å²) in [7, 11) is 0. The number of benzene rings is 2. The Morgan fingerprint density at radius 3 is 2.75 bits per heavy atom. The molecule has 0 radical (unpaired) electrons. The molecule has 0 aliphatic carbocycles. The van der Waals surface area contributed by atoms with Crippen molar-refractivity contribution >= 4 is 5.91 Å². The molecule has 1 amide bonds. The van der Waals surface area contributed by atoms with E-state index in [1.54, 1.807) is 0 Å². The van der Waals surface area contributed by atoms with E-state index in [0.717, 1.165) is 87.6 Å². The number of nitrogens with zero attached hydrogens (tertiary/aromatic N) is 2. The fourth-order valence-corrected chi connectivity index (χ4v) is 4.97. The molecule has 6 heteroatoms. The van der Waals surface area contributed by atoms with Gasteiger partial charge in [0.05, 0.1) is 13.2 Å². The van der Waals surface area contributed by atoms with Crippen molar-refractivity contribution < 1.29 is 14.3 Å². The van der Waals surface area contributed by atoms with Gasteiger partial charge in [-0.1, -0.05) is 30.3 Å². The maximum Gasteiger partial charge on any atom is 0.254 e. The molecule has 6 nitrogen and oxygen atoms in total. The zero-order valence-corrected chi connectivity index (χ0v) is 18.7. The average Bonchev–Trinajstić information content (AvgIpc) is 2.99. The highest BCUT2D eigenvalue weighted by molar-refractivity contribution is 5.99. The molecule has 2 aromatic rings. The lowest BCUT2D eigenvalue weighted by atomic mass is 10.1. The van der Waals surface area contributed by atoms with Crippen LogP contribution >= 0.6 is 0 Å². The number of piperidine rings is 1. The van der Waals surface area contributed by atoms with Crippen LogP contribution in [0.4, 0.5) is 0 Å². The van der Waals surface area contributed by atoms with Crippen LogP contribution in [0.3, 0.4) is 0 Å². The van der Waals surface area contributed by atoms with E-state index in [1.807, 2.05) is 23.1 Å². The number of hydrogen-bond acceptors (Lipinski definition) is 5.